The first kappa shape index (κ1) is 19.8. The molecule has 0 N–H and O–H groups in total. The maximum atomic E-state index is 13.4. The van der Waals surface area contributed by atoms with Crippen LogP contribution in [0.25, 0.3) is 27.3 Å². The summed E-state index contributed by atoms with van der Waals surface area (Å²) in [6.07, 6.45) is 4.15. The average Bonchev–Trinajstić information content (AvgIpc) is 3.39. The zero-order chi connectivity index (χ0) is 21.5. The van der Waals surface area contributed by atoms with E-state index >= 15 is 0 Å². The minimum absolute atomic E-state index is 0.0313. The quantitative estimate of drug-likeness (QED) is 0.483. The predicted octanol–water partition coefficient (Wildman–Crippen LogP) is 1.90. The zero-order valence-corrected chi connectivity index (χ0v) is 18.2. The number of hydrogen-bond acceptors (Lipinski definition) is 7. The molecule has 1 fully saturated rings. The number of carbonyl (C=O) groups excluding carboxylic acids is 1. The van der Waals surface area contributed by atoms with Gasteiger partial charge in [-0.1, -0.05) is 6.92 Å². The van der Waals surface area contributed by atoms with Gasteiger partial charge in [0.25, 0.3) is 0 Å². The van der Waals surface area contributed by atoms with E-state index in [1.807, 2.05) is 19.1 Å². The summed E-state index contributed by atoms with van der Waals surface area (Å²) < 4.78 is 8.20. The largest absolute Gasteiger partial charge is 0.378 e. The first-order valence-corrected chi connectivity index (χ1v) is 11.1. The summed E-state index contributed by atoms with van der Waals surface area (Å²) >= 11 is 1.53. The van der Waals surface area contributed by atoms with Crippen LogP contribution < -0.4 is 5.69 Å². The molecule has 1 saturated heterocycles. The first-order valence-electron chi connectivity index (χ1n) is 10.3. The molecule has 1 amide bonds. The second kappa shape index (κ2) is 7.86. The van der Waals surface area contributed by atoms with E-state index in [1.54, 1.807) is 21.9 Å². The summed E-state index contributed by atoms with van der Waals surface area (Å²) in [7, 11) is 0. The molecule has 9 nitrogen and oxygen atoms in total. The molecule has 0 saturated carbocycles. The molecule has 4 aromatic heterocycles. The highest BCUT2D eigenvalue weighted by Crippen LogP contribution is 2.33. The Morgan fingerprint density at radius 1 is 1.29 bits per heavy atom. The second-order valence-corrected chi connectivity index (χ2v) is 8.65. The lowest BCUT2D eigenvalue weighted by Crippen LogP contribution is -2.44. The van der Waals surface area contributed by atoms with Gasteiger partial charge in [-0.05, 0) is 31.0 Å². The number of hydrogen-bond donors (Lipinski definition) is 0. The van der Waals surface area contributed by atoms with Crippen molar-refractivity contribution in [2.45, 2.75) is 26.8 Å². The molecule has 31 heavy (non-hydrogen) atoms. The van der Waals surface area contributed by atoms with Gasteiger partial charge < -0.3 is 9.64 Å². The molecular formula is C21H22N6O3S. The monoisotopic (exact) mass is 438 g/mol. The number of aromatic nitrogens is 5. The Morgan fingerprint density at radius 2 is 2.10 bits per heavy atom. The van der Waals surface area contributed by atoms with E-state index in [4.69, 9.17) is 9.72 Å². The topological polar surface area (TPSA) is 94.6 Å². The van der Waals surface area contributed by atoms with Crippen LogP contribution in [0.1, 0.15) is 17.4 Å². The Kier molecular flexibility index (Phi) is 5.03. The molecule has 0 aromatic carbocycles. The van der Waals surface area contributed by atoms with Gasteiger partial charge in [-0.25, -0.2) is 9.78 Å². The van der Waals surface area contributed by atoms with Crippen molar-refractivity contribution < 1.29 is 9.53 Å². The number of carbonyl (C=O) groups is 1. The standard InChI is InChI=1S/C21H22N6O3S/c1-3-15-13(2)31-20-17(15)19-23-18(14-5-4-6-22-11-14)24-27(19)21(29)26(20)12-16(28)25-7-9-30-10-8-25/h4-6,11H,3,7-10,12H2,1-2H3. The molecular weight excluding hydrogens is 416 g/mol. The molecule has 0 bridgehead atoms. The third kappa shape index (κ3) is 3.31. The molecule has 4 aromatic rings. The maximum Gasteiger partial charge on any atom is 0.352 e. The number of nitrogens with zero attached hydrogens (tertiary/aromatic N) is 6. The first-order chi connectivity index (χ1) is 15.1. The number of aryl methyl sites for hydroxylation is 2. The van der Waals surface area contributed by atoms with Gasteiger partial charge in [-0.3, -0.25) is 14.3 Å². The third-order valence-electron chi connectivity index (χ3n) is 5.61. The summed E-state index contributed by atoms with van der Waals surface area (Å²) in [5, 5.41) is 5.38. The van der Waals surface area contributed by atoms with Crippen LogP contribution >= 0.6 is 11.3 Å². The number of amides is 1. The number of morpholine rings is 1. The average molecular weight is 439 g/mol. The molecule has 0 atom stereocenters. The lowest BCUT2D eigenvalue weighted by atomic mass is 10.1. The Morgan fingerprint density at radius 3 is 2.81 bits per heavy atom. The van der Waals surface area contributed by atoms with E-state index < -0.39 is 0 Å². The minimum atomic E-state index is -0.365. The Bertz CT molecular complexity index is 1330. The van der Waals surface area contributed by atoms with Gasteiger partial charge >= 0.3 is 5.69 Å². The lowest BCUT2D eigenvalue weighted by Gasteiger charge is -2.27. The van der Waals surface area contributed by atoms with E-state index in [1.165, 1.54) is 15.9 Å². The van der Waals surface area contributed by atoms with E-state index in [-0.39, 0.29) is 18.1 Å². The summed E-state index contributed by atoms with van der Waals surface area (Å²) in [6.45, 7) is 6.20. The van der Waals surface area contributed by atoms with Crippen molar-refractivity contribution in [2.75, 3.05) is 26.3 Å². The number of rotatable bonds is 4. The van der Waals surface area contributed by atoms with Crippen LogP contribution in [-0.4, -0.2) is 61.3 Å². The van der Waals surface area contributed by atoms with E-state index in [9.17, 15) is 9.59 Å². The zero-order valence-electron chi connectivity index (χ0n) is 17.4. The van der Waals surface area contributed by atoms with Crippen molar-refractivity contribution in [1.29, 1.82) is 0 Å². The number of thiophene rings is 1. The van der Waals surface area contributed by atoms with E-state index in [0.29, 0.717) is 37.8 Å². The van der Waals surface area contributed by atoms with Gasteiger partial charge in [0, 0.05) is 35.9 Å². The summed E-state index contributed by atoms with van der Waals surface area (Å²) in [5.41, 5.74) is 2.02. The Labute approximate surface area is 181 Å². The van der Waals surface area contributed by atoms with Crippen LogP contribution in [-0.2, 0) is 22.5 Å². The normalized spacial score (nSPS) is 14.6. The van der Waals surface area contributed by atoms with Crippen LogP contribution in [0.3, 0.4) is 0 Å². The molecule has 5 rings (SSSR count). The third-order valence-corrected chi connectivity index (χ3v) is 6.78. The van der Waals surface area contributed by atoms with Gasteiger partial charge in [0.05, 0.1) is 18.6 Å². The molecule has 10 heteroatoms. The van der Waals surface area contributed by atoms with Gasteiger partial charge in [-0.15, -0.1) is 16.4 Å². The van der Waals surface area contributed by atoms with Gasteiger partial charge in [0.15, 0.2) is 11.5 Å². The molecule has 1 aliphatic rings. The van der Waals surface area contributed by atoms with Crippen molar-refractivity contribution in [1.82, 2.24) is 29.0 Å². The molecule has 0 radical (unpaired) electrons. The molecule has 0 unspecified atom stereocenters. The molecule has 5 heterocycles. The fraction of sp³-hybridized carbons (Fsp3) is 0.381. The highest BCUT2D eigenvalue weighted by Gasteiger charge is 2.24. The van der Waals surface area contributed by atoms with Gasteiger partial charge in [0.1, 0.15) is 11.4 Å². The van der Waals surface area contributed by atoms with Crippen molar-refractivity contribution in [2.24, 2.45) is 0 Å². The molecule has 0 aliphatic carbocycles. The fourth-order valence-corrected chi connectivity index (χ4v) is 5.25. The van der Waals surface area contributed by atoms with Gasteiger partial charge in [-0.2, -0.15) is 4.52 Å². The molecule has 0 spiro atoms. The molecule has 1 aliphatic heterocycles. The van der Waals surface area contributed by atoms with Crippen LogP contribution in [0, 0.1) is 6.92 Å². The number of fused-ring (bicyclic) bond motifs is 3. The second-order valence-electron chi connectivity index (χ2n) is 7.44. The van der Waals surface area contributed by atoms with Crippen LogP contribution in [0.4, 0.5) is 0 Å². The van der Waals surface area contributed by atoms with E-state index in [2.05, 4.69) is 17.0 Å². The van der Waals surface area contributed by atoms with Crippen molar-refractivity contribution >= 4 is 33.1 Å². The van der Waals surface area contributed by atoms with E-state index in [0.717, 1.165) is 32.6 Å². The van der Waals surface area contributed by atoms with Gasteiger partial charge in [0.2, 0.25) is 5.91 Å². The summed E-state index contributed by atoms with van der Waals surface area (Å²) in [6, 6.07) is 3.67. The maximum absolute atomic E-state index is 13.4. The lowest BCUT2D eigenvalue weighted by molar-refractivity contribution is -0.135. The molecule has 160 valence electrons. The Hall–Kier alpha value is -3.11. The summed E-state index contributed by atoms with van der Waals surface area (Å²) in [4.78, 5) is 38.8. The SMILES string of the molecule is CCc1c(C)sc2c1c1nc(-c3cccnc3)nn1c(=O)n2CC(=O)N1CCOCC1. The van der Waals surface area contributed by atoms with Crippen molar-refractivity contribution in [3.8, 4) is 11.4 Å². The summed E-state index contributed by atoms with van der Waals surface area (Å²) in [5.74, 6) is 0.345. The fourth-order valence-electron chi connectivity index (χ4n) is 4.02. The Balaban J connectivity index is 1.72. The highest BCUT2D eigenvalue weighted by molar-refractivity contribution is 7.19. The van der Waals surface area contributed by atoms with Crippen LogP contribution in [0.15, 0.2) is 29.3 Å². The highest BCUT2D eigenvalue weighted by atomic mass is 32.1. The van der Waals surface area contributed by atoms with Crippen molar-refractivity contribution in [3.63, 3.8) is 0 Å². The number of pyridine rings is 1. The smallest absolute Gasteiger partial charge is 0.352 e. The van der Waals surface area contributed by atoms with Crippen LogP contribution in [0.5, 0.6) is 0 Å². The van der Waals surface area contributed by atoms with Crippen molar-refractivity contribution in [3.05, 3.63) is 45.5 Å². The minimum Gasteiger partial charge on any atom is -0.378 e. The predicted molar refractivity (Wildman–Crippen MR) is 117 cm³/mol. The number of ether oxygens (including phenoxy) is 1. The van der Waals surface area contributed by atoms with Crippen LogP contribution in [0.2, 0.25) is 0 Å².